The van der Waals surface area contributed by atoms with Gasteiger partial charge in [0.2, 0.25) is 0 Å². The molecule has 0 amide bonds. The molecule has 0 aliphatic heterocycles. The van der Waals surface area contributed by atoms with Crippen LogP contribution in [0.1, 0.15) is 0 Å². The smallest absolute Gasteiger partial charge is 0.0917 e. The summed E-state index contributed by atoms with van der Waals surface area (Å²) in [5.41, 5.74) is 11.6. The Morgan fingerprint density at radius 3 is 1.29 bits per heavy atom. The molecule has 17 aromatic rings. The lowest BCUT2D eigenvalue weighted by Gasteiger charge is -2.15. The maximum atomic E-state index is 5.21. The van der Waals surface area contributed by atoms with Gasteiger partial charge >= 0.3 is 0 Å². The third kappa shape index (κ3) is 5.56. The second-order valence-corrected chi connectivity index (χ2v) is 20.8. The Labute approximate surface area is 419 Å². The average molecular weight is 951 g/mol. The Morgan fingerprint density at radius 2 is 0.681 bits per heavy atom. The number of pyridine rings is 2. The molecule has 0 spiro atoms. The lowest BCUT2D eigenvalue weighted by atomic mass is 9.97. The molecular weight excluding hydrogens is 913 g/mol. The van der Waals surface area contributed by atoms with Crippen LogP contribution < -0.4 is 0 Å². The molecule has 0 saturated heterocycles. The molecule has 0 bridgehead atoms. The fourth-order valence-electron chi connectivity index (χ4n) is 11.9. The zero-order valence-electron chi connectivity index (χ0n) is 38.5. The van der Waals surface area contributed by atoms with Gasteiger partial charge in [-0.3, -0.25) is 0 Å². The molecular formula is C66H38N4S2. The fraction of sp³-hybridized carbons (Fsp3) is 0. The number of fused-ring (bicyclic) bond motifs is 21. The van der Waals surface area contributed by atoms with Crippen LogP contribution in [-0.2, 0) is 0 Å². The molecule has 0 aliphatic carbocycles. The summed E-state index contributed by atoms with van der Waals surface area (Å²) in [5, 5.41) is 17.6. The highest BCUT2D eigenvalue weighted by atomic mass is 32.1. The van der Waals surface area contributed by atoms with Gasteiger partial charge in [0.15, 0.2) is 0 Å². The van der Waals surface area contributed by atoms with Gasteiger partial charge in [0.1, 0.15) is 0 Å². The van der Waals surface area contributed by atoms with E-state index in [0.717, 1.165) is 22.1 Å². The van der Waals surface area contributed by atoms with E-state index in [4.69, 9.17) is 9.97 Å². The Morgan fingerprint density at radius 1 is 0.278 bits per heavy atom. The van der Waals surface area contributed by atoms with Crippen molar-refractivity contribution in [1.29, 1.82) is 0 Å². The molecule has 4 nitrogen and oxygen atoms in total. The van der Waals surface area contributed by atoms with Crippen molar-refractivity contribution in [2.75, 3.05) is 0 Å². The van der Waals surface area contributed by atoms with Crippen LogP contribution >= 0.6 is 22.7 Å². The van der Waals surface area contributed by atoms with Gasteiger partial charge in [-0.1, -0.05) is 194 Å². The van der Waals surface area contributed by atoms with Crippen LogP contribution in [-0.4, -0.2) is 19.1 Å². The lowest BCUT2D eigenvalue weighted by Crippen LogP contribution is -1.98. The van der Waals surface area contributed by atoms with Crippen molar-refractivity contribution in [3.05, 3.63) is 231 Å². The molecule has 0 saturated carbocycles. The minimum atomic E-state index is 1.02. The molecule has 0 fully saturated rings. The number of nitrogens with zero attached hydrogens (tertiary/aromatic N) is 4. The highest BCUT2D eigenvalue weighted by Crippen LogP contribution is 2.48. The van der Waals surface area contributed by atoms with Crippen molar-refractivity contribution < 1.29 is 0 Å². The number of para-hydroxylation sites is 4. The van der Waals surface area contributed by atoms with E-state index in [9.17, 15) is 0 Å². The van der Waals surface area contributed by atoms with Gasteiger partial charge in [0, 0.05) is 63.3 Å². The van der Waals surface area contributed by atoms with Crippen molar-refractivity contribution in [1.82, 2.24) is 19.1 Å². The van der Waals surface area contributed by atoms with Crippen LogP contribution in [0, 0.1) is 0 Å². The number of aromatic nitrogens is 4. The first kappa shape index (κ1) is 39.9. The Kier molecular flexibility index (Phi) is 8.46. The maximum absolute atomic E-state index is 5.21. The van der Waals surface area contributed by atoms with Crippen LogP contribution in [0.3, 0.4) is 0 Å². The molecule has 72 heavy (non-hydrogen) atoms. The van der Waals surface area contributed by atoms with Crippen LogP contribution in [0.15, 0.2) is 231 Å². The summed E-state index contributed by atoms with van der Waals surface area (Å²) in [6.07, 6.45) is 0. The van der Waals surface area contributed by atoms with Crippen LogP contribution in [0.2, 0.25) is 0 Å². The maximum Gasteiger partial charge on any atom is 0.0917 e. The Hall–Kier alpha value is -8.94. The summed E-state index contributed by atoms with van der Waals surface area (Å²) < 4.78 is 10.0. The molecule has 11 aromatic carbocycles. The van der Waals surface area contributed by atoms with E-state index in [2.05, 4.69) is 240 Å². The van der Waals surface area contributed by atoms with Crippen molar-refractivity contribution in [2.24, 2.45) is 0 Å². The quantitative estimate of drug-likeness (QED) is 0.162. The summed E-state index contributed by atoms with van der Waals surface area (Å²) in [6.45, 7) is 0. The van der Waals surface area contributed by atoms with Crippen LogP contribution in [0.4, 0.5) is 0 Å². The Balaban J connectivity index is 0.000000124. The van der Waals surface area contributed by atoms with E-state index < -0.39 is 0 Å². The van der Waals surface area contributed by atoms with Crippen molar-refractivity contribution in [2.45, 2.75) is 0 Å². The topological polar surface area (TPSA) is 35.6 Å². The van der Waals surface area contributed by atoms with E-state index in [1.165, 1.54) is 128 Å². The number of benzene rings is 11. The van der Waals surface area contributed by atoms with Crippen LogP contribution in [0.25, 0.3) is 150 Å². The normalized spacial score (nSPS) is 12.2. The Bertz CT molecular complexity index is 5130. The summed E-state index contributed by atoms with van der Waals surface area (Å²) >= 11 is 3.68. The molecule has 6 aromatic heterocycles. The predicted octanol–water partition coefficient (Wildman–Crippen LogP) is 18.9. The number of hydrogen-bond donors (Lipinski definition) is 0. The lowest BCUT2D eigenvalue weighted by molar-refractivity contribution is 1.22. The second kappa shape index (κ2) is 15.3. The van der Waals surface area contributed by atoms with E-state index in [1.807, 2.05) is 22.7 Å². The predicted molar refractivity (Wildman–Crippen MR) is 310 cm³/mol. The first-order valence-corrected chi connectivity index (χ1v) is 26.0. The van der Waals surface area contributed by atoms with Gasteiger partial charge in [-0.25, -0.2) is 9.97 Å². The molecule has 6 heteroatoms. The highest BCUT2D eigenvalue weighted by molar-refractivity contribution is 7.26. The minimum Gasteiger partial charge on any atom is -0.306 e. The molecule has 0 unspecified atom stereocenters. The number of thiophene rings is 2. The second-order valence-electron chi connectivity index (χ2n) is 18.7. The molecule has 0 N–H and O–H groups in total. The average Bonchev–Trinajstić information content (AvgIpc) is 4.20. The standard InChI is InChI=1S/C35H20N2S.C31H18N2S/c1-3-13-23-21(11-1)22-12-2-4-14-24(22)33-31(23)26-16-6-9-19-29(26)37(33)34-25-15-5-8-18-28(25)36-32-27-17-7-10-20-30(27)38-35(32)34;1-2-10-20-19(9-1)17-18-22-21-11-4-7-15-26(21)33(29(20)22)30-23-12-3-6-14-25(23)32-28-24-13-5-8-16-27(24)34-31(28)30/h1-20H;1-18H. The summed E-state index contributed by atoms with van der Waals surface area (Å²) in [4.78, 5) is 10.4. The first-order chi connectivity index (χ1) is 35.8. The number of hydrogen-bond acceptors (Lipinski definition) is 4. The van der Waals surface area contributed by atoms with Crippen molar-refractivity contribution in [3.63, 3.8) is 0 Å². The van der Waals surface area contributed by atoms with Gasteiger partial charge in [-0.05, 0) is 57.9 Å². The summed E-state index contributed by atoms with van der Waals surface area (Å²) in [6, 6.07) is 83.0. The summed E-state index contributed by atoms with van der Waals surface area (Å²) in [5.74, 6) is 0. The molecule has 0 atom stereocenters. The van der Waals surface area contributed by atoms with E-state index >= 15 is 0 Å². The SMILES string of the molecule is c1ccc2c(-n3c4ccccc4c4c5ccccc5c5ccccc5c43)c3sc4ccccc4c3nc2c1.c1ccc2c(c1)ccc1c3ccccc3n(-c3c4ccccc4nc4c3sc3ccccc34)c21. The molecule has 0 radical (unpaired) electrons. The molecule has 6 heterocycles. The minimum absolute atomic E-state index is 1.02. The number of rotatable bonds is 2. The zero-order chi connectivity index (χ0) is 47.0. The third-order valence-electron chi connectivity index (χ3n) is 14.9. The fourth-order valence-corrected chi connectivity index (χ4v) is 14.3. The van der Waals surface area contributed by atoms with Gasteiger partial charge in [-0.15, -0.1) is 22.7 Å². The van der Waals surface area contributed by atoms with Gasteiger partial charge in [0.05, 0.1) is 64.9 Å². The molecule has 334 valence electrons. The van der Waals surface area contributed by atoms with Crippen LogP contribution in [0.5, 0.6) is 0 Å². The highest BCUT2D eigenvalue weighted by Gasteiger charge is 2.25. The van der Waals surface area contributed by atoms with E-state index in [-0.39, 0.29) is 0 Å². The largest absolute Gasteiger partial charge is 0.306 e. The van der Waals surface area contributed by atoms with Crippen molar-refractivity contribution >= 4 is 161 Å². The monoisotopic (exact) mass is 950 g/mol. The summed E-state index contributed by atoms with van der Waals surface area (Å²) in [7, 11) is 0. The van der Waals surface area contributed by atoms with Gasteiger partial charge in [-0.2, -0.15) is 0 Å². The van der Waals surface area contributed by atoms with Crippen molar-refractivity contribution in [3.8, 4) is 11.4 Å². The first-order valence-electron chi connectivity index (χ1n) is 24.4. The molecule has 0 aliphatic rings. The zero-order valence-corrected chi connectivity index (χ0v) is 40.2. The van der Waals surface area contributed by atoms with Gasteiger partial charge < -0.3 is 9.13 Å². The van der Waals surface area contributed by atoms with E-state index in [1.54, 1.807) is 0 Å². The van der Waals surface area contributed by atoms with E-state index in [0.29, 0.717) is 0 Å². The van der Waals surface area contributed by atoms with Gasteiger partial charge in [0.25, 0.3) is 0 Å². The molecule has 17 rings (SSSR count). The third-order valence-corrected chi connectivity index (χ3v) is 17.2.